The molecule has 30 aliphatic rings. The highest BCUT2D eigenvalue weighted by molar-refractivity contribution is 7.79. The van der Waals surface area contributed by atoms with Crippen LogP contribution in [0.5, 0.6) is 0 Å². The van der Waals surface area contributed by atoms with E-state index in [-0.39, 0.29) is 0 Å². The van der Waals surface area contributed by atoms with Crippen molar-refractivity contribution in [2.45, 2.75) is 239 Å². The van der Waals surface area contributed by atoms with Crippen molar-refractivity contribution < 1.29 is 211 Å². The number of hydrogen-bond donors (Lipinski definition) is 26. The number of hydrogen-bond acceptors (Lipinski definition) is 41. The molecule has 0 aromatic carbocycles. The van der Waals surface area contributed by atoms with Gasteiger partial charge in [0, 0.05) is 5.92 Å². The Morgan fingerprint density at radius 3 is 0.522 bits per heavy atom. The molecule has 0 spiro atoms. The van der Waals surface area contributed by atoms with Crippen molar-refractivity contribution >= 4 is 10.4 Å². The molecule has 0 aromatic rings. The third kappa shape index (κ3) is 15.8. The van der Waals surface area contributed by atoms with E-state index in [2.05, 4.69) is 0 Å². The van der Waals surface area contributed by atoms with E-state index >= 15 is 0 Å². The van der Waals surface area contributed by atoms with Gasteiger partial charge in [0.25, 0.3) is 0 Å². The number of ether oxygens (including phenoxy) is 15. The Morgan fingerprint density at radius 2 is 0.337 bits per heavy atom. The summed E-state index contributed by atoms with van der Waals surface area (Å²) < 4.78 is 117. The highest BCUT2D eigenvalue weighted by atomic mass is 32.3. The smallest absolute Gasteiger partial charge is 0.394 e. The van der Waals surface area contributed by atoms with E-state index in [1.165, 1.54) is 0 Å². The Morgan fingerprint density at radius 1 is 0.196 bits per heavy atom. The van der Waals surface area contributed by atoms with Gasteiger partial charge in [-0.25, -0.2) is 0 Å². The van der Waals surface area contributed by atoms with Crippen LogP contribution in [0.2, 0.25) is 0 Å². The van der Waals surface area contributed by atoms with Crippen LogP contribution in [0.25, 0.3) is 0 Å². The number of aliphatic hydroxyl groups is 24. The largest absolute Gasteiger partial charge is 0.394 e. The molecule has 30 heterocycles. The van der Waals surface area contributed by atoms with Crippen LogP contribution < -0.4 is 0 Å². The molecule has 5 unspecified atom stereocenters. The summed E-state index contributed by atoms with van der Waals surface area (Å²) in [6, 6.07) is 0. The van der Waals surface area contributed by atoms with E-state index < -0.39 is 309 Å². The summed E-state index contributed by atoms with van der Waals surface area (Å²) in [5.74, 6) is -1.75. The third-order valence-corrected chi connectivity index (χ3v) is 17.2. The van der Waals surface area contributed by atoms with Crippen LogP contribution in [0.3, 0.4) is 0 Å². The molecule has 0 saturated carbocycles. The maximum atomic E-state index is 11.6. The minimum atomic E-state index is -4.67. The van der Waals surface area contributed by atoms with Crippen molar-refractivity contribution in [3.05, 3.63) is 0 Å². The second kappa shape index (κ2) is 32.1. The molecule has 538 valence electrons. The zero-order valence-corrected chi connectivity index (χ0v) is 48.5. The summed E-state index contributed by atoms with van der Waals surface area (Å²) >= 11 is 0. The van der Waals surface area contributed by atoms with Crippen LogP contribution in [0.4, 0.5) is 0 Å². The zero-order valence-electron chi connectivity index (χ0n) is 47.7. The highest BCUT2D eigenvalue weighted by Crippen LogP contribution is 2.42. The van der Waals surface area contributed by atoms with E-state index in [9.17, 15) is 123 Å². The summed E-state index contributed by atoms with van der Waals surface area (Å²) in [5, 5.41) is 266. The van der Waals surface area contributed by atoms with Crippen LogP contribution >= 0.6 is 0 Å². The monoisotopic (exact) mass is 1380 g/mol. The second-order valence-electron chi connectivity index (χ2n) is 23.0. The van der Waals surface area contributed by atoms with Crippen molar-refractivity contribution in [2.24, 2.45) is 5.92 Å². The highest BCUT2D eigenvalue weighted by Gasteiger charge is 2.61. The maximum Gasteiger partial charge on any atom is 0.394 e. The second-order valence-corrected chi connectivity index (χ2v) is 23.9. The van der Waals surface area contributed by atoms with E-state index in [1.807, 2.05) is 0 Å². The molecule has 0 aliphatic carbocycles. The van der Waals surface area contributed by atoms with E-state index in [4.69, 9.17) is 88.6 Å². The first-order valence-electron chi connectivity index (χ1n) is 28.7. The predicted molar refractivity (Wildman–Crippen MR) is 274 cm³/mol. The minimum absolute atomic E-state index is 1.07. The van der Waals surface area contributed by atoms with Gasteiger partial charge in [-0.2, -0.15) is 8.42 Å². The number of aliphatic hydroxyl groups excluding tert-OH is 24. The summed E-state index contributed by atoms with van der Waals surface area (Å²) in [6.45, 7) is -8.63. The molecule has 92 heavy (non-hydrogen) atoms. The molecule has 26 N–H and O–H groups in total. The van der Waals surface area contributed by atoms with Gasteiger partial charge in [0.2, 0.25) is 0 Å². The average Bonchev–Trinajstić information content (AvgIpc) is 0.784. The van der Waals surface area contributed by atoms with Crippen LogP contribution in [-0.2, 0) is 81.5 Å². The normalized spacial score (nSPS) is 53.3. The first-order chi connectivity index (χ1) is 43.4. The maximum absolute atomic E-state index is 11.6. The van der Waals surface area contributed by atoms with Crippen molar-refractivity contribution in [2.75, 3.05) is 52.9 Å². The van der Waals surface area contributed by atoms with Crippen LogP contribution in [0, 0.1) is 5.92 Å². The minimum Gasteiger partial charge on any atom is -0.394 e. The molecule has 30 saturated heterocycles. The summed E-state index contributed by atoms with van der Waals surface area (Å²) in [6.07, 6.45) is -79.7. The van der Waals surface area contributed by atoms with Gasteiger partial charge in [-0.1, -0.05) is 0 Å². The molecule has 0 radical (unpaired) electrons. The fraction of sp³-hybridized carbons (Fsp3) is 1.00. The van der Waals surface area contributed by atoms with E-state index in [0.29, 0.717) is 0 Å². The Labute approximate surface area is 518 Å². The standard InChI is InChI=1S/C48H80O39.H2O4S/c49-1-9-17-18(57)27(66)42(74-9)82-35-11(3-51)76-44(29(68)21(35)60)84-37-13(5-53)78-46(31(70)23(37)62)86-39-15(7-55)80-48(33(72)25(39)64)87-40-16(8-56)79-47(32(71)26(40)65)85-38-14(6-54)77-45(30(69)24(38)63)83-36-12(4-52)75-43(28(67)22(36)61)81-34-10(2-50)73-41(17)20(59)19(34)58;1-5(2,3)4/h9-72H,1-8H2;(H2,1,2,3,4)/t9-,10-,11-,12-,13-,14-,15-,16-,17?,18+,19-,20-,21-,22-,23-,24-,25-,26-,27-,28-,29-,30-,31-,32-,33-,34?,35-,36-,37-,38-,39-,40-,41?,42?,43?,44-,45-,46-,47-,48-;/m1./s1. The van der Waals surface area contributed by atoms with Crippen molar-refractivity contribution in [3.8, 4) is 0 Å². The lowest BCUT2D eigenvalue weighted by molar-refractivity contribution is -0.398. The lowest BCUT2D eigenvalue weighted by Crippen LogP contribution is -2.70. The van der Waals surface area contributed by atoms with Crippen molar-refractivity contribution in [3.63, 3.8) is 0 Å². The summed E-state index contributed by atoms with van der Waals surface area (Å²) in [4.78, 5) is 0. The third-order valence-electron chi connectivity index (χ3n) is 17.2. The predicted octanol–water partition coefficient (Wildman–Crippen LogP) is -17.8. The Hall–Kier alpha value is -1.69. The van der Waals surface area contributed by atoms with Gasteiger partial charge in [-0.05, 0) is 0 Å². The zero-order chi connectivity index (χ0) is 67.9. The van der Waals surface area contributed by atoms with Gasteiger partial charge >= 0.3 is 10.4 Å². The summed E-state index contributed by atoms with van der Waals surface area (Å²) in [5.41, 5.74) is 0. The van der Waals surface area contributed by atoms with Crippen LogP contribution in [0.15, 0.2) is 0 Å². The Kier molecular flexibility index (Phi) is 26.5. The van der Waals surface area contributed by atoms with Gasteiger partial charge in [0.1, 0.15) is 177 Å². The van der Waals surface area contributed by atoms with Gasteiger partial charge in [0.15, 0.2) is 44.0 Å². The molecular formula is C48H82O43S. The molecule has 40 atom stereocenters. The number of rotatable bonds is 8. The van der Waals surface area contributed by atoms with E-state index in [0.717, 1.165) is 0 Å². The first-order valence-corrected chi connectivity index (χ1v) is 30.1. The molecule has 30 rings (SSSR count). The Bertz CT molecular complexity index is 2360. The lowest BCUT2D eigenvalue weighted by atomic mass is 9.78. The lowest BCUT2D eigenvalue weighted by Gasteiger charge is -2.52. The summed E-state index contributed by atoms with van der Waals surface area (Å²) in [7, 11) is -4.67. The van der Waals surface area contributed by atoms with Gasteiger partial charge < -0.3 is 194 Å². The van der Waals surface area contributed by atoms with Gasteiger partial charge in [-0.3, -0.25) is 9.11 Å². The molecular weight excluding hydrogens is 1300 g/mol. The van der Waals surface area contributed by atoms with Gasteiger partial charge in [-0.15, -0.1) is 0 Å². The first kappa shape index (κ1) is 76.1. The molecule has 30 fully saturated rings. The fourth-order valence-electron chi connectivity index (χ4n) is 12.3. The van der Waals surface area contributed by atoms with Gasteiger partial charge in [0.05, 0.1) is 71.2 Å². The molecule has 30 aliphatic heterocycles. The van der Waals surface area contributed by atoms with E-state index in [1.54, 1.807) is 0 Å². The van der Waals surface area contributed by atoms with Crippen LogP contribution in [0.1, 0.15) is 0 Å². The SMILES string of the molecule is O=S(=O)(O)O.OC[C@H]1OC2C3[C@@H](CO)OC(O[C@H]4[C@H](O)[C@@H](O)[C@@H](O[C@H]5[C@H](O)[C@@H](O)[C@@H](O[C@H]6[C@H](O)[C@@H](O)[C@@H](O[C@H]7[C@H](O)[C@@H](O)[C@@H](O[C@H]8[C@H](O)[C@@H](O)[C@@H](O[C@H]9[C@H](O)[C@@H](O)C(OC1[C@H](O)[C@H]2O)O[C@@H]9CO)O[C@@H]8CO)O[C@@H]7CO)O[C@@H]6CO)O[C@@H]5CO)O[C@@H]4CO)[C@H](O)[C@H]3O. The topological polar surface area (TPSA) is 699 Å². The average molecular weight is 1380 g/mol. The molecule has 43 nitrogen and oxygen atoms in total. The van der Waals surface area contributed by atoms with Crippen molar-refractivity contribution in [1.82, 2.24) is 0 Å². The Balaban J connectivity index is 0.00000210. The fourth-order valence-corrected chi connectivity index (χ4v) is 12.3. The molecule has 0 amide bonds. The quantitative estimate of drug-likeness (QED) is 0.100. The molecule has 16 bridgehead atoms. The van der Waals surface area contributed by atoms with Crippen LogP contribution in [-0.4, -0.2) is 432 Å². The molecule has 0 aromatic heterocycles. The van der Waals surface area contributed by atoms with Crippen molar-refractivity contribution in [1.29, 1.82) is 0 Å². The molecule has 44 heteroatoms.